The molecule has 4 fully saturated rings. The van der Waals surface area contributed by atoms with Gasteiger partial charge in [0.25, 0.3) is 0 Å². The first-order chi connectivity index (χ1) is 66.9. The molecule has 4 aliphatic rings. The molecular formula is C78H77Br6F9O43S9Sc. The molecule has 4 heterocycles. The van der Waals surface area contributed by atoms with Crippen molar-refractivity contribution in [3.63, 3.8) is 0 Å². The summed E-state index contributed by atoms with van der Waals surface area (Å²) in [6.45, 7) is 6.80. The van der Waals surface area contributed by atoms with Gasteiger partial charge in [-0.3, -0.25) is 23.2 Å². The average molecular weight is 2690 g/mol. The number of hydrogen-bond donors (Lipinski definition) is 3. The Morgan fingerprint density at radius 1 is 0.329 bits per heavy atom. The quantitative estimate of drug-likeness (QED) is 0.0146. The standard InChI is InChI=1S/2C28H28Br2O12S2.C19H18Br2O10S2.3CHF3O3S.Sc/c2*1-3-24-25(41-43(32,33)39-22-13-9-20(29)10-14-22)26(36-17-19-7-5-4-6-8-19)27(28(38-24)37-18(2)31)42-44(34,35)40-23-15-11-21(30)12-16-23;1-11-17(30-32(22,23)28-14-6-2-12(20)3-7-14)16-10-26-19(27-16)18(11)31-33(24,25)29-15-8-4-13(21)5-9-15;3*2-1(3,4)8(5,6)7;/h2*4-16,24-28H,3,17H2,1-2H3;2-9,11,16-19H,10H2,1H3;3*(H,5,6,7);/t2*24-,25+,26?,27?,28?;11-,16?,17-,18?,19+;;;;/m000..../s1. The first-order valence-electron chi connectivity index (χ1n) is 39.6. The molecule has 4 saturated heterocycles. The molecule has 12 rings (SSSR count). The molecule has 0 aliphatic carbocycles. The third kappa shape index (κ3) is 43.3. The molecule has 8 aromatic carbocycles. The van der Waals surface area contributed by atoms with E-state index < -0.39 is 213 Å². The Bertz CT molecular complexity index is 6260. The molecule has 3 N–H and O–H groups in total. The van der Waals surface area contributed by atoms with Gasteiger partial charge in [0.1, 0.15) is 77.2 Å². The minimum atomic E-state index is -5.84. The number of benzene rings is 8. The number of halogens is 15. The van der Waals surface area contributed by atoms with E-state index in [-0.39, 0.29) is 93.0 Å². The van der Waals surface area contributed by atoms with Crippen molar-refractivity contribution in [3.05, 3.63) is 244 Å². The smallest absolute Gasteiger partial charge is 0.433 e. The van der Waals surface area contributed by atoms with Crippen molar-refractivity contribution in [1.29, 1.82) is 0 Å². The summed E-state index contributed by atoms with van der Waals surface area (Å²) in [5.74, 6) is -2.60. The van der Waals surface area contributed by atoms with E-state index >= 15 is 0 Å². The Hall–Kier alpha value is -6.43. The number of ether oxygens (including phenoxy) is 8. The Labute approximate surface area is 898 Å². The van der Waals surface area contributed by atoms with Crippen LogP contribution in [0.5, 0.6) is 34.5 Å². The van der Waals surface area contributed by atoms with Gasteiger partial charge in [-0.05, 0) is 170 Å². The summed E-state index contributed by atoms with van der Waals surface area (Å²) < 4.78 is 440. The number of carbonyl (C=O) groups is 2. The summed E-state index contributed by atoms with van der Waals surface area (Å²) in [6.07, 6.45) is -19.0. The normalized spacial score (nSPS) is 21.9. The SMILES string of the molecule is CC[C@@H]1OC(OC(C)=O)C(OS(=O)(=O)Oc2ccc(Br)cc2)C(OCc2ccccc2)[C@@H]1OS(=O)(=O)Oc1ccc(Br)cc1.CC[C@@H]1OC(OC(C)=O)C(OS(=O)(=O)Oc2ccc(Br)cc2)C(OCc2ccccc2)[C@@H]1OS(=O)(=O)Oc1ccc(Br)cc1.C[C@@H]1C(OS(=O)(=O)Oc2ccc(Br)cc2)[C@@H]2OCC(O2)[C@H]1OS(=O)(=O)Oc1ccc(Br)cc1.O=S(=O)(O)C(F)(F)F.O=S(=O)(O)C(F)(F)F.O=S(=O)(O)C(F)(F)F.[Sc]. The van der Waals surface area contributed by atoms with E-state index in [2.05, 4.69) is 95.6 Å². The zero-order valence-corrected chi connectivity index (χ0v) is 92.6. The third-order valence-corrected chi connectivity index (χ3v) is 27.9. The number of hydrogen-bond acceptors (Lipinski definition) is 40. The fraction of sp³-hybridized carbons (Fsp3) is 0.359. The van der Waals surface area contributed by atoms with Crippen LogP contribution in [0.15, 0.2) is 233 Å². The van der Waals surface area contributed by atoms with Crippen molar-refractivity contribution < 1.29 is 252 Å². The van der Waals surface area contributed by atoms with Crippen molar-refractivity contribution in [1.82, 2.24) is 0 Å². The Morgan fingerprint density at radius 3 is 0.753 bits per heavy atom. The summed E-state index contributed by atoms with van der Waals surface area (Å²) in [6, 6.07) is 53.3. The third-order valence-electron chi connectivity index (χ3n) is 17.8. The van der Waals surface area contributed by atoms with E-state index in [1.54, 1.807) is 154 Å². The Balaban J connectivity index is 0.000000300. The Kier molecular flexibility index (Phi) is 48.7. The van der Waals surface area contributed by atoms with Crippen LogP contribution < -0.4 is 25.1 Å². The molecule has 1 radical (unpaired) electrons. The zero-order chi connectivity index (χ0) is 109. The van der Waals surface area contributed by atoms with Gasteiger partial charge in [0.05, 0.1) is 32.0 Å². The van der Waals surface area contributed by atoms with Gasteiger partial charge >= 0.3 is 121 Å². The maximum atomic E-state index is 13.1. The average Bonchev–Trinajstić information content (AvgIpc) is 1.62. The van der Waals surface area contributed by atoms with E-state index in [1.807, 2.05) is 0 Å². The van der Waals surface area contributed by atoms with Crippen LogP contribution in [0.1, 0.15) is 58.6 Å². The maximum absolute atomic E-state index is 13.1. The second-order valence-electron chi connectivity index (χ2n) is 28.7. The molecule has 43 nitrogen and oxygen atoms in total. The number of carbonyl (C=O) groups excluding carboxylic acids is 2. The van der Waals surface area contributed by atoms with E-state index in [4.69, 9.17) is 127 Å². The van der Waals surface area contributed by atoms with Crippen molar-refractivity contribution >= 4 is 200 Å². The van der Waals surface area contributed by atoms with Gasteiger partial charge in [-0.1, -0.05) is 177 Å². The van der Waals surface area contributed by atoms with Gasteiger partial charge < -0.3 is 63.0 Å². The second kappa shape index (κ2) is 55.4. The Morgan fingerprint density at radius 2 is 0.541 bits per heavy atom. The van der Waals surface area contributed by atoms with Gasteiger partial charge in [-0.25, -0.2) is 25.1 Å². The summed E-state index contributed by atoms with van der Waals surface area (Å²) in [7, 11) is -45.9. The van der Waals surface area contributed by atoms with Crippen LogP contribution in [0.4, 0.5) is 39.5 Å². The van der Waals surface area contributed by atoms with Crippen LogP contribution in [-0.2, 0) is 204 Å². The topological polar surface area (TPSA) is 587 Å². The van der Waals surface area contributed by atoms with Crippen LogP contribution in [0.2, 0.25) is 0 Å². The van der Waals surface area contributed by atoms with Crippen LogP contribution in [0, 0.1) is 5.92 Å². The van der Waals surface area contributed by atoms with E-state index in [1.165, 1.54) is 72.8 Å². The zero-order valence-electron chi connectivity index (χ0n) is 73.9. The number of rotatable bonds is 34. The maximum Gasteiger partial charge on any atom is 0.522 e. The monoisotopic (exact) mass is 2680 g/mol. The van der Waals surface area contributed by atoms with Crippen LogP contribution in [0.3, 0.4) is 0 Å². The summed E-state index contributed by atoms with van der Waals surface area (Å²) in [5, 5.41) is 0. The molecule has 68 heteroatoms. The van der Waals surface area contributed by atoms with Crippen molar-refractivity contribution in [2.24, 2.45) is 5.92 Å². The summed E-state index contributed by atoms with van der Waals surface area (Å²) in [5.41, 5.74) is -15.3. The van der Waals surface area contributed by atoms with Gasteiger partial charge in [0, 0.05) is 72.4 Å². The molecule has 2 bridgehead atoms. The van der Waals surface area contributed by atoms with Gasteiger partial charge in [-0.15, -0.1) is 0 Å². The first-order valence-corrected chi connectivity index (χ1v) is 56.7. The molecule has 15 atom stereocenters. The van der Waals surface area contributed by atoms with E-state index in [9.17, 15) is 99.6 Å². The van der Waals surface area contributed by atoms with E-state index in [0.717, 1.165) is 22.8 Å². The van der Waals surface area contributed by atoms with Crippen molar-refractivity contribution in [3.8, 4) is 34.5 Å². The fourth-order valence-corrected chi connectivity index (χ4v) is 18.7. The summed E-state index contributed by atoms with van der Waals surface area (Å²) in [4.78, 5) is 24.1. The van der Waals surface area contributed by atoms with Gasteiger partial charge in [0.15, 0.2) is 18.5 Å². The first kappa shape index (κ1) is 128. The second-order valence-corrected chi connectivity index (χ2v) is 45.5. The van der Waals surface area contributed by atoms with Gasteiger partial charge in [0.2, 0.25) is 12.6 Å². The van der Waals surface area contributed by atoms with Crippen LogP contribution >= 0.6 is 95.6 Å². The van der Waals surface area contributed by atoms with E-state index in [0.29, 0.717) is 29.0 Å². The number of alkyl halides is 9. The predicted octanol–water partition coefficient (Wildman–Crippen LogP) is 14.9. The molecule has 0 amide bonds. The van der Waals surface area contributed by atoms with Crippen LogP contribution in [0.25, 0.3) is 0 Å². The van der Waals surface area contributed by atoms with Crippen molar-refractivity contribution in [2.75, 3.05) is 6.61 Å². The molecule has 4 aliphatic heterocycles. The van der Waals surface area contributed by atoms with Crippen molar-refractivity contribution in [2.45, 2.75) is 163 Å². The fourth-order valence-electron chi connectivity index (χ4n) is 11.7. The summed E-state index contributed by atoms with van der Waals surface area (Å²) >= 11 is 19.5. The van der Waals surface area contributed by atoms with Crippen LogP contribution in [-0.4, -0.2) is 211 Å². The minimum Gasteiger partial charge on any atom is -0.433 e. The molecule has 8 aromatic rings. The molecule has 0 aromatic heterocycles. The molecule has 0 spiro atoms. The minimum absolute atomic E-state index is 0. The molecule has 146 heavy (non-hydrogen) atoms. The molecule has 0 saturated carbocycles. The number of esters is 2. The van der Waals surface area contributed by atoms with Gasteiger partial charge in [-0.2, -0.15) is 115 Å². The number of fused-ring (bicyclic) bond motifs is 2. The molecule has 809 valence electrons. The largest absolute Gasteiger partial charge is 0.522 e. The molecule has 8 unspecified atom stereocenters. The molecular weight excluding hydrogens is 2610 g/mol. The predicted molar refractivity (Wildman–Crippen MR) is 499 cm³/mol.